The molecule has 0 spiro atoms. The van der Waals surface area contributed by atoms with Gasteiger partial charge in [-0.25, -0.2) is 13.1 Å². The summed E-state index contributed by atoms with van der Waals surface area (Å²) in [5, 5.41) is 0. The van der Waals surface area contributed by atoms with Crippen molar-refractivity contribution >= 4 is 39.0 Å². The predicted octanol–water partition coefficient (Wildman–Crippen LogP) is 2.08. The Morgan fingerprint density at radius 2 is 2.00 bits per heavy atom. The molecule has 1 aliphatic rings. The maximum atomic E-state index is 12.3. The Balaban J connectivity index is 2.03. The fraction of sp³-hybridized carbons (Fsp3) is 0.500. The van der Waals surface area contributed by atoms with Gasteiger partial charge in [0.25, 0.3) is 0 Å². The van der Waals surface area contributed by atoms with Crippen molar-refractivity contribution in [1.82, 2.24) is 4.72 Å². The van der Waals surface area contributed by atoms with Gasteiger partial charge in [0.15, 0.2) is 0 Å². The predicted molar refractivity (Wildman–Crippen MR) is 92.2 cm³/mol. The molecule has 0 aromatic heterocycles. The molecule has 3 N–H and O–H groups in total. The highest BCUT2D eigenvalue weighted by Gasteiger charge is 2.37. The average molecular weight is 345 g/mol. The number of thioether (sulfide) groups is 1. The van der Waals surface area contributed by atoms with Gasteiger partial charge in [0.05, 0.1) is 9.88 Å². The van der Waals surface area contributed by atoms with Crippen LogP contribution in [0.2, 0.25) is 0 Å². The van der Waals surface area contributed by atoms with Crippen LogP contribution >= 0.6 is 24.0 Å². The summed E-state index contributed by atoms with van der Waals surface area (Å²) < 4.78 is 27.4. The quantitative estimate of drug-likeness (QED) is 0.741. The van der Waals surface area contributed by atoms with Gasteiger partial charge in [-0.05, 0) is 36.8 Å². The Bertz CT molecular complexity index is 602. The molecule has 4 nitrogen and oxygen atoms in total. The highest BCUT2D eigenvalue weighted by atomic mass is 32.2. The summed E-state index contributed by atoms with van der Waals surface area (Å²) in [5.74, 6) is 0. The lowest BCUT2D eigenvalue weighted by molar-refractivity contribution is 0.362. The smallest absolute Gasteiger partial charge is 0.240 e. The van der Waals surface area contributed by atoms with E-state index < -0.39 is 10.0 Å². The first-order valence-corrected chi connectivity index (χ1v) is 9.91. The number of benzene rings is 1. The van der Waals surface area contributed by atoms with Gasteiger partial charge < -0.3 is 5.73 Å². The van der Waals surface area contributed by atoms with E-state index in [4.69, 9.17) is 18.0 Å². The van der Waals surface area contributed by atoms with E-state index in [-0.39, 0.29) is 9.64 Å². The molecular formula is C14H20N2O2S3. The summed E-state index contributed by atoms with van der Waals surface area (Å²) in [5.41, 5.74) is 6.40. The SMILES string of the molecule is CSC1(CNS(=O)(=O)c2ccc(CC(N)=S)cc2)CCC1. The molecule has 1 aliphatic carbocycles. The van der Waals surface area contributed by atoms with Crippen molar-refractivity contribution in [3.63, 3.8) is 0 Å². The molecule has 116 valence electrons. The van der Waals surface area contributed by atoms with Crippen LogP contribution < -0.4 is 10.5 Å². The molecule has 1 saturated carbocycles. The minimum Gasteiger partial charge on any atom is -0.393 e. The van der Waals surface area contributed by atoms with Gasteiger partial charge in [-0.2, -0.15) is 11.8 Å². The second-order valence-corrected chi connectivity index (χ2v) is 8.92. The average Bonchev–Trinajstić information content (AvgIpc) is 2.38. The molecule has 0 amide bonds. The molecule has 1 fully saturated rings. The number of rotatable bonds is 7. The van der Waals surface area contributed by atoms with E-state index >= 15 is 0 Å². The normalized spacial score (nSPS) is 17.2. The van der Waals surface area contributed by atoms with Crippen molar-refractivity contribution in [1.29, 1.82) is 0 Å². The van der Waals surface area contributed by atoms with Crippen LogP contribution in [0.5, 0.6) is 0 Å². The maximum absolute atomic E-state index is 12.3. The van der Waals surface area contributed by atoms with E-state index in [0.717, 1.165) is 18.4 Å². The Morgan fingerprint density at radius 3 is 2.43 bits per heavy atom. The van der Waals surface area contributed by atoms with Gasteiger partial charge in [-0.1, -0.05) is 30.8 Å². The number of nitrogens with two attached hydrogens (primary N) is 1. The van der Waals surface area contributed by atoms with Crippen LogP contribution in [0.4, 0.5) is 0 Å². The zero-order valence-corrected chi connectivity index (χ0v) is 14.4. The van der Waals surface area contributed by atoms with Crippen molar-refractivity contribution < 1.29 is 8.42 Å². The first kappa shape index (κ1) is 16.7. The fourth-order valence-corrected chi connectivity index (χ4v) is 4.62. The zero-order valence-electron chi connectivity index (χ0n) is 12.0. The third-order valence-corrected chi connectivity index (χ3v) is 6.87. The monoisotopic (exact) mass is 344 g/mol. The van der Waals surface area contributed by atoms with Crippen LogP contribution in [0.25, 0.3) is 0 Å². The third-order valence-electron chi connectivity index (χ3n) is 3.89. The van der Waals surface area contributed by atoms with E-state index in [9.17, 15) is 8.42 Å². The van der Waals surface area contributed by atoms with E-state index in [1.807, 2.05) is 6.26 Å². The van der Waals surface area contributed by atoms with Crippen LogP contribution in [0.15, 0.2) is 29.2 Å². The molecule has 0 saturated heterocycles. The highest BCUT2D eigenvalue weighted by molar-refractivity contribution is 8.00. The van der Waals surface area contributed by atoms with E-state index in [1.54, 1.807) is 36.0 Å². The topological polar surface area (TPSA) is 72.2 Å². The number of nitrogens with one attached hydrogen (secondary N) is 1. The number of hydrogen-bond donors (Lipinski definition) is 2. The summed E-state index contributed by atoms with van der Waals surface area (Å²) >= 11 is 6.59. The molecule has 0 radical (unpaired) electrons. The largest absolute Gasteiger partial charge is 0.393 e. The molecule has 0 unspecified atom stereocenters. The molecule has 0 bridgehead atoms. The first-order chi connectivity index (χ1) is 9.87. The van der Waals surface area contributed by atoms with Gasteiger partial charge in [0.2, 0.25) is 10.0 Å². The van der Waals surface area contributed by atoms with Crippen LogP contribution in [-0.4, -0.2) is 31.0 Å². The van der Waals surface area contributed by atoms with E-state index in [0.29, 0.717) is 18.0 Å². The molecule has 0 aliphatic heterocycles. The summed E-state index contributed by atoms with van der Waals surface area (Å²) in [7, 11) is -3.45. The van der Waals surface area contributed by atoms with Crippen LogP contribution in [0, 0.1) is 0 Å². The summed E-state index contributed by atoms with van der Waals surface area (Å²) in [4.78, 5) is 0.681. The maximum Gasteiger partial charge on any atom is 0.240 e. The van der Waals surface area contributed by atoms with Crippen LogP contribution in [0.3, 0.4) is 0 Å². The van der Waals surface area contributed by atoms with E-state index in [1.165, 1.54) is 6.42 Å². The number of thiocarbonyl (C=S) groups is 1. The second-order valence-electron chi connectivity index (χ2n) is 5.35. The lowest BCUT2D eigenvalue weighted by atomic mass is 9.84. The molecule has 21 heavy (non-hydrogen) atoms. The van der Waals surface area contributed by atoms with Gasteiger partial charge in [-0.15, -0.1) is 0 Å². The molecule has 2 rings (SSSR count). The molecular weight excluding hydrogens is 324 g/mol. The summed E-state index contributed by atoms with van der Waals surface area (Å²) in [6.07, 6.45) is 5.85. The minimum absolute atomic E-state index is 0.0821. The molecule has 7 heteroatoms. The fourth-order valence-electron chi connectivity index (χ4n) is 2.32. The summed E-state index contributed by atoms with van der Waals surface area (Å²) in [6, 6.07) is 6.70. The number of hydrogen-bond acceptors (Lipinski definition) is 4. The lowest BCUT2D eigenvalue weighted by Gasteiger charge is -2.40. The molecule has 0 heterocycles. The highest BCUT2D eigenvalue weighted by Crippen LogP contribution is 2.42. The van der Waals surface area contributed by atoms with Gasteiger partial charge in [0.1, 0.15) is 0 Å². The minimum atomic E-state index is -3.45. The first-order valence-electron chi connectivity index (χ1n) is 6.79. The Kier molecular flexibility index (Phi) is 5.29. The second kappa shape index (κ2) is 6.64. The Morgan fingerprint density at radius 1 is 1.38 bits per heavy atom. The van der Waals surface area contributed by atoms with E-state index in [2.05, 4.69) is 4.72 Å². The van der Waals surface area contributed by atoms with Crippen LogP contribution in [0.1, 0.15) is 24.8 Å². The number of sulfonamides is 1. The van der Waals surface area contributed by atoms with Gasteiger partial charge in [-0.3, -0.25) is 0 Å². The lowest BCUT2D eigenvalue weighted by Crippen LogP contribution is -2.45. The van der Waals surface area contributed by atoms with Crippen molar-refractivity contribution in [3.05, 3.63) is 29.8 Å². The molecule has 0 atom stereocenters. The van der Waals surface area contributed by atoms with Crippen molar-refractivity contribution in [2.24, 2.45) is 5.73 Å². The van der Waals surface area contributed by atoms with Crippen molar-refractivity contribution in [2.45, 2.75) is 35.3 Å². The van der Waals surface area contributed by atoms with Crippen molar-refractivity contribution in [2.75, 3.05) is 12.8 Å². The zero-order chi connectivity index (χ0) is 15.5. The van der Waals surface area contributed by atoms with Gasteiger partial charge in [0, 0.05) is 17.7 Å². The Hall–Kier alpha value is -0.630. The standard InChI is InChI=1S/C14H20N2O2S3/c1-20-14(7-2-8-14)10-16-21(17,18)12-5-3-11(4-6-12)9-13(15)19/h3-6,16H,2,7-10H2,1H3,(H2,15,19). The van der Waals surface area contributed by atoms with Gasteiger partial charge >= 0.3 is 0 Å². The van der Waals surface area contributed by atoms with Crippen LogP contribution in [-0.2, 0) is 16.4 Å². The molecule has 1 aromatic rings. The molecule has 1 aromatic carbocycles. The Labute approximate surface area is 135 Å². The van der Waals surface area contributed by atoms with Crippen molar-refractivity contribution in [3.8, 4) is 0 Å². The summed E-state index contributed by atoms with van der Waals surface area (Å²) in [6.45, 7) is 0.491. The third kappa shape index (κ3) is 4.18.